The monoisotopic (exact) mass is 334 g/mol. The molecule has 7 heteroatoms. The van der Waals surface area contributed by atoms with Crippen molar-refractivity contribution >= 4 is 17.6 Å². The second-order valence-corrected chi connectivity index (χ2v) is 6.02. The van der Waals surface area contributed by atoms with E-state index in [9.17, 15) is 9.59 Å². The Morgan fingerprint density at radius 1 is 1.42 bits per heavy atom. The molecule has 0 radical (unpaired) electrons. The molecule has 4 N–H and O–H groups in total. The highest BCUT2D eigenvalue weighted by molar-refractivity contribution is 5.99. The number of nitrogens with two attached hydrogens (primary N) is 1. The lowest BCUT2D eigenvalue weighted by Crippen LogP contribution is -2.49. The Labute approximate surface area is 142 Å². The Bertz CT molecular complexity index is 614. The molecule has 1 aromatic rings. The van der Waals surface area contributed by atoms with Gasteiger partial charge in [0.25, 0.3) is 5.91 Å². The first kappa shape index (κ1) is 18.1. The molecule has 0 aliphatic carbocycles. The van der Waals surface area contributed by atoms with Crippen LogP contribution in [0.3, 0.4) is 0 Å². The molecule has 1 aromatic carbocycles. The number of carbonyl (C=O) groups is 2. The van der Waals surface area contributed by atoms with Crippen LogP contribution >= 0.6 is 0 Å². The number of carbonyl (C=O) groups excluding carboxylic acids is 2. The standard InChI is InChI=1S/C17H26N4O3/c1-4-17(18,5-2)11-20-15(22)12-6-7-14(24-3)13(10-12)21-9-8-19-16(21)23/h6-7,10H,4-5,8-9,11,18H2,1-3H3,(H,19,23)(H,20,22). The summed E-state index contributed by atoms with van der Waals surface area (Å²) in [5, 5.41) is 5.63. The van der Waals surface area contributed by atoms with Crippen LogP contribution in [0.2, 0.25) is 0 Å². The molecule has 3 amide bonds. The minimum atomic E-state index is -0.403. The van der Waals surface area contributed by atoms with Gasteiger partial charge in [0.2, 0.25) is 0 Å². The fraction of sp³-hybridized carbons (Fsp3) is 0.529. The zero-order valence-corrected chi connectivity index (χ0v) is 14.5. The van der Waals surface area contributed by atoms with Gasteiger partial charge in [-0.3, -0.25) is 9.69 Å². The molecule has 0 atom stereocenters. The number of ether oxygens (including phenoxy) is 1. The van der Waals surface area contributed by atoms with Gasteiger partial charge >= 0.3 is 6.03 Å². The van der Waals surface area contributed by atoms with Crippen LogP contribution < -0.4 is 26.0 Å². The molecule has 0 unspecified atom stereocenters. The Hall–Kier alpha value is -2.28. The van der Waals surface area contributed by atoms with Crippen molar-refractivity contribution in [3.63, 3.8) is 0 Å². The number of nitrogens with zero attached hydrogens (tertiary/aromatic N) is 1. The zero-order valence-electron chi connectivity index (χ0n) is 14.5. The van der Waals surface area contributed by atoms with E-state index in [0.717, 1.165) is 12.8 Å². The molecule has 1 saturated heterocycles. The van der Waals surface area contributed by atoms with Crippen LogP contribution in [0.1, 0.15) is 37.0 Å². The molecule has 0 saturated carbocycles. The van der Waals surface area contributed by atoms with Crippen LogP contribution in [-0.4, -0.2) is 44.2 Å². The number of rotatable bonds is 7. The largest absolute Gasteiger partial charge is 0.495 e. The summed E-state index contributed by atoms with van der Waals surface area (Å²) in [5.41, 5.74) is 6.88. The Morgan fingerprint density at radius 2 is 2.12 bits per heavy atom. The molecule has 1 fully saturated rings. The third-order valence-corrected chi connectivity index (χ3v) is 4.60. The lowest BCUT2D eigenvalue weighted by Gasteiger charge is -2.27. The number of anilines is 1. The van der Waals surface area contributed by atoms with Crippen molar-refractivity contribution in [3.8, 4) is 5.75 Å². The maximum atomic E-state index is 12.4. The molecule has 0 bridgehead atoms. The maximum Gasteiger partial charge on any atom is 0.322 e. The van der Waals surface area contributed by atoms with Crippen LogP contribution in [0, 0.1) is 0 Å². The van der Waals surface area contributed by atoms with E-state index >= 15 is 0 Å². The van der Waals surface area contributed by atoms with Gasteiger partial charge in [0.1, 0.15) is 5.75 Å². The number of hydrogen-bond donors (Lipinski definition) is 3. The number of hydrogen-bond acceptors (Lipinski definition) is 4. The van der Waals surface area contributed by atoms with Crippen molar-refractivity contribution in [2.45, 2.75) is 32.2 Å². The minimum Gasteiger partial charge on any atom is -0.495 e. The zero-order chi connectivity index (χ0) is 17.7. The van der Waals surface area contributed by atoms with Crippen LogP contribution in [0.4, 0.5) is 10.5 Å². The van der Waals surface area contributed by atoms with Crippen molar-refractivity contribution in [1.82, 2.24) is 10.6 Å². The summed E-state index contributed by atoms with van der Waals surface area (Å²) in [6.07, 6.45) is 1.57. The van der Waals surface area contributed by atoms with E-state index in [1.54, 1.807) is 23.1 Å². The summed E-state index contributed by atoms with van der Waals surface area (Å²) in [6.45, 7) is 5.53. The fourth-order valence-corrected chi connectivity index (χ4v) is 2.60. The minimum absolute atomic E-state index is 0.191. The third kappa shape index (κ3) is 3.79. The maximum absolute atomic E-state index is 12.4. The van der Waals surface area contributed by atoms with E-state index in [-0.39, 0.29) is 11.9 Å². The van der Waals surface area contributed by atoms with Gasteiger partial charge in [0.15, 0.2) is 0 Å². The number of nitrogens with one attached hydrogen (secondary N) is 2. The van der Waals surface area contributed by atoms with Crippen molar-refractivity contribution in [2.75, 3.05) is 31.6 Å². The van der Waals surface area contributed by atoms with Crippen molar-refractivity contribution in [2.24, 2.45) is 5.73 Å². The SMILES string of the molecule is CCC(N)(CC)CNC(=O)c1ccc(OC)c(N2CCNC2=O)c1. The van der Waals surface area contributed by atoms with Gasteiger partial charge in [-0.25, -0.2) is 4.79 Å². The second-order valence-electron chi connectivity index (χ2n) is 6.02. The predicted octanol–water partition coefficient (Wildman–Crippen LogP) is 1.47. The molecule has 1 aliphatic heterocycles. The first-order valence-electron chi connectivity index (χ1n) is 8.24. The van der Waals surface area contributed by atoms with Gasteiger partial charge in [0.05, 0.1) is 12.8 Å². The molecule has 0 aromatic heterocycles. The van der Waals surface area contributed by atoms with E-state index in [1.165, 1.54) is 7.11 Å². The van der Waals surface area contributed by atoms with Crippen molar-refractivity contribution in [1.29, 1.82) is 0 Å². The Balaban J connectivity index is 2.18. The summed E-state index contributed by atoms with van der Waals surface area (Å²) in [6, 6.07) is 4.87. The molecular formula is C17H26N4O3. The van der Waals surface area contributed by atoms with Gasteiger partial charge in [-0.15, -0.1) is 0 Å². The van der Waals surface area contributed by atoms with E-state index in [0.29, 0.717) is 36.6 Å². The summed E-state index contributed by atoms with van der Waals surface area (Å²) in [4.78, 5) is 25.9. The summed E-state index contributed by atoms with van der Waals surface area (Å²) >= 11 is 0. The van der Waals surface area contributed by atoms with Crippen LogP contribution in [0.15, 0.2) is 18.2 Å². The van der Waals surface area contributed by atoms with Gasteiger partial charge in [-0.1, -0.05) is 13.8 Å². The lowest BCUT2D eigenvalue weighted by atomic mass is 9.94. The van der Waals surface area contributed by atoms with E-state index in [4.69, 9.17) is 10.5 Å². The molecule has 0 spiro atoms. The normalized spacial score (nSPS) is 14.5. The highest BCUT2D eigenvalue weighted by atomic mass is 16.5. The predicted molar refractivity (Wildman–Crippen MR) is 93.6 cm³/mol. The average molecular weight is 334 g/mol. The molecule has 7 nitrogen and oxygen atoms in total. The van der Waals surface area contributed by atoms with Gasteiger partial charge < -0.3 is 21.1 Å². The number of benzene rings is 1. The van der Waals surface area contributed by atoms with Gasteiger partial charge in [0, 0.05) is 30.7 Å². The molecule has 1 heterocycles. The number of amides is 3. The first-order valence-corrected chi connectivity index (χ1v) is 8.24. The average Bonchev–Trinajstić information content (AvgIpc) is 3.04. The van der Waals surface area contributed by atoms with Crippen molar-refractivity contribution in [3.05, 3.63) is 23.8 Å². The highest BCUT2D eigenvalue weighted by Crippen LogP contribution is 2.30. The molecule has 24 heavy (non-hydrogen) atoms. The van der Waals surface area contributed by atoms with Crippen LogP contribution in [0.5, 0.6) is 5.75 Å². The van der Waals surface area contributed by atoms with E-state index in [1.807, 2.05) is 13.8 Å². The molecule has 132 valence electrons. The Morgan fingerprint density at radius 3 is 2.67 bits per heavy atom. The van der Waals surface area contributed by atoms with Crippen LogP contribution in [-0.2, 0) is 0 Å². The summed E-state index contributed by atoms with van der Waals surface area (Å²) < 4.78 is 5.32. The van der Waals surface area contributed by atoms with Crippen molar-refractivity contribution < 1.29 is 14.3 Å². The molecule has 2 rings (SSSR count). The smallest absolute Gasteiger partial charge is 0.322 e. The van der Waals surface area contributed by atoms with Gasteiger partial charge in [-0.05, 0) is 31.0 Å². The lowest BCUT2D eigenvalue weighted by molar-refractivity contribution is 0.0942. The Kier molecular flexibility index (Phi) is 5.66. The highest BCUT2D eigenvalue weighted by Gasteiger charge is 2.26. The topological polar surface area (TPSA) is 96.7 Å². The first-order chi connectivity index (χ1) is 11.4. The number of methoxy groups -OCH3 is 1. The summed E-state index contributed by atoms with van der Waals surface area (Å²) in [7, 11) is 1.54. The summed E-state index contributed by atoms with van der Waals surface area (Å²) in [5.74, 6) is 0.342. The fourth-order valence-electron chi connectivity index (χ4n) is 2.60. The molecule has 1 aliphatic rings. The number of urea groups is 1. The van der Waals surface area contributed by atoms with Crippen LogP contribution in [0.25, 0.3) is 0 Å². The van der Waals surface area contributed by atoms with Gasteiger partial charge in [-0.2, -0.15) is 0 Å². The van der Waals surface area contributed by atoms with E-state index in [2.05, 4.69) is 10.6 Å². The quantitative estimate of drug-likeness (QED) is 0.703. The third-order valence-electron chi connectivity index (χ3n) is 4.60. The van der Waals surface area contributed by atoms with E-state index < -0.39 is 5.54 Å². The second kappa shape index (κ2) is 7.53. The molecular weight excluding hydrogens is 308 g/mol.